The molecule has 0 aliphatic heterocycles. The summed E-state index contributed by atoms with van der Waals surface area (Å²) in [7, 11) is 0. The monoisotopic (exact) mass is 158 g/mol. The second-order valence-electron chi connectivity index (χ2n) is 0. The molecule has 0 aromatic rings. The first kappa shape index (κ1) is 42.6. The summed E-state index contributed by atoms with van der Waals surface area (Å²) in [6, 6.07) is 0. The van der Waals surface area contributed by atoms with Crippen LogP contribution in [0, 0.1) is 0 Å². The van der Waals surface area contributed by atoms with Gasteiger partial charge >= 0.3 is 23.1 Å². The quantitative estimate of drug-likeness (QED) is 0.406. The fourth-order valence-electron chi connectivity index (χ4n) is 0. The molecule has 0 fully saturated rings. The van der Waals surface area contributed by atoms with Gasteiger partial charge in [-0.25, -0.2) is 0 Å². The van der Waals surface area contributed by atoms with E-state index in [0.717, 1.165) is 0 Å². The Hall–Kier alpha value is 1.74. The second kappa shape index (κ2) is 21.9. The smallest absolute Gasteiger partial charge is 1.00 e. The average molecular weight is 159 g/mol. The van der Waals surface area contributed by atoms with Gasteiger partial charge in [-0.1, -0.05) is 0 Å². The summed E-state index contributed by atoms with van der Waals surface area (Å²) >= 11 is 0. The Labute approximate surface area is 64.7 Å². The molecular weight excluding hydrogens is 155 g/mol. The fraction of sp³-hybridized carbons (Fsp3) is 0. The zero-order valence-electron chi connectivity index (χ0n) is 3.88. The maximum atomic E-state index is 0. The zero-order valence-corrected chi connectivity index (χ0v) is 5.38. The molecular formula is H4FeMgNiO. The van der Waals surface area contributed by atoms with Gasteiger partial charge in [-0.05, 0) is 0 Å². The minimum Gasteiger partial charge on any atom is -1.00 e. The van der Waals surface area contributed by atoms with Gasteiger partial charge in [-0.3, -0.25) is 0 Å². The van der Waals surface area contributed by atoms with Crippen LogP contribution in [0.2, 0.25) is 0 Å². The Morgan fingerprint density at radius 2 is 1.25 bits per heavy atom. The summed E-state index contributed by atoms with van der Waals surface area (Å²) in [5, 5.41) is 0. The van der Waals surface area contributed by atoms with Crippen molar-refractivity contribution in [3.05, 3.63) is 0 Å². The number of rotatable bonds is 0. The number of hydrogen-bond acceptors (Lipinski definition) is 0. The van der Waals surface area contributed by atoms with Crippen LogP contribution in [0.5, 0.6) is 0 Å². The molecule has 30 valence electrons. The molecule has 0 aliphatic rings. The van der Waals surface area contributed by atoms with Crippen LogP contribution in [-0.4, -0.2) is 28.5 Å². The average Bonchev–Trinajstić information content (AvgIpc) is 0. The van der Waals surface area contributed by atoms with Gasteiger partial charge in [0.15, 0.2) is 0 Å². The van der Waals surface area contributed by atoms with Crippen molar-refractivity contribution in [3.63, 3.8) is 0 Å². The summed E-state index contributed by atoms with van der Waals surface area (Å²) in [5.41, 5.74) is 0. The maximum absolute atomic E-state index is 0. The van der Waals surface area contributed by atoms with Crippen LogP contribution in [0.15, 0.2) is 0 Å². The van der Waals surface area contributed by atoms with E-state index in [0.29, 0.717) is 0 Å². The molecule has 0 aliphatic carbocycles. The third-order valence-corrected chi connectivity index (χ3v) is 0. The first-order valence-corrected chi connectivity index (χ1v) is 0. The molecule has 0 amide bonds. The van der Waals surface area contributed by atoms with Gasteiger partial charge in [0, 0.05) is 33.6 Å². The van der Waals surface area contributed by atoms with Crippen LogP contribution in [0.4, 0.5) is 0 Å². The van der Waals surface area contributed by atoms with Gasteiger partial charge in [0.05, 0.1) is 0 Å². The van der Waals surface area contributed by atoms with Crippen LogP contribution < -0.4 is 0 Å². The summed E-state index contributed by atoms with van der Waals surface area (Å²) in [5.74, 6) is 0. The van der Waals surface area contributed by atoms with Crippen molar-refractivity contribution in [1.82, 2.24) is 0 Å². The van der Waals surface area contributed by atoms with E-state index in [1.54, 1.807) is 0 Å². The standard InChI is InChI=1S/Fe.Mg.Ni.H2O.2H/h;;;1H2;;/q;+2;;;2*-1. The Morgan fingerprint density at radius 3 is 1.25 bits per heavy atom. The Balaban J connectivity index is 0. The zero-order chi connectivity index (χ0) is 0. The normalized spacial score (nSPS) is 0. The van der Waals surface area contributed by atoms with E-state index in [1.807, 2.05) is 0 Å². The van der Waals surface area contributed by atoms with Gasteiger partial charge in [0.25, 0.3) is 0 Å². The fourth-order valence-corrected chi connectivity index (χ4v) is 0. The van der Waals surface area contributed by atoms with Gasteiger partial charge < -0.3 is 8.33 Å². The van der Waals surface area contributed by atoms with Crippen LogP contribution >= 0.6 is 0 Å². The molecule has 4 heteroatoms. The van der Waals surface area contributed by atoms with Crippen molar-refractivity contribution >= 4 is 23.1 Å². The van der Waals surface area contributed by atoms with Crippen molar-refractivity contribution in [2.24, 2.45) is 0 Å². The van der Waals surface area contributed by atoms with Crippen LogP contribution in [0.3, 0.4) is 0 Å². The second-order valence-corrected chi connectivity index (χ2v) is 0. The van der Waals surface area contributed by atoms with Crippen molar-refractivity contribution in [2.45, 2.75) is 0 Å². The molecule has 4 heavy (non-hydrogen) atoms. The van der Waals surface area contributed by atoms with Crippen LogP contribution in [0.1, 0.15) is 2.85 Å². The van der Waals surface area contributed by atoms with Crippen molar-refractivity contribution in [1.29, 1.82) is 0 Å². The molecule has 0 aromatic heterocycles. The maximum Gasteiger partial charge on any atom is 2.00 e. The summed E-state index contributed by atoms with van der Waals surface area (Å²) < 4.78 is 0. The third kappa shape index (κ3) is 9.28. The molecule has 0 unspecified atom stereocenters. The van der Waals surface area contributed by atoms with Gasteiger partial charge in [-0.15, -0.1) is 0 Å². The number of hydrogen-bond donors (Lipinski definition) is 0. The van der Waals surface area contributed by atoms with E-state index >= 15 is 0 Å². The molecule has 0 bridgehead atoms. The largest absolute Gasteiger partial charge is 2.00 e. The van der Waals surface area contributed by atoms with E-state index in [4.69, 9.17) is 0 Å². The minimum atomic E-state index is 0. The van der Waals surface area contributed by atoms with Crippen molar-refractivity contribution in [2.75, 3.05) is 0 Å². The van der Waals surface area contributed by atoms with Gasteiger partial charge in [-0.2, -0.15) is 0 Å². The minimum absolute atomic E-state index is 0. The first-order valence-electron chi connectivity index (χ1n) is 0. The Kier molecular flexibility index (Phi) is 233. The van der Waals surface area contributed by atoms with E-state index < -0.39 is 0 Å². The third-order valence-electron chi connectivity index (χ3n) is 0. The molecule has 1 nitrogen and oxygen atoms in total. The predicted molar refractivity (Wildman–Crippen MR) is 11.6 cm³/mol. The van der Waals surface area contributed by atoms with Crippen molar-refractivity contribution in [3.8, 4) is 0 Å². The van der Waals surface area contributed by atoms with Crippen LogP contribution in [0.25, 0.3) is 0 Å². The van der Waals surface area contributed by atoms with Gasteiger partial charge in [0.1, 0.15) is 0 Å². The molecule has 0 aromatic carbocycles. The van der Waals surface area contributed by atoms with E-state index in [2.05, 4.69) is 0 Å². The molecule has 0 atom stereocenters. The topological polar surface area (TPSA) is 31.5 Å². The summed E-state index contributed by atoms with van der Waals surface area (Å²) in [6.45, 7) is 0. The Morgan fingerprint density at radius 1 is 1.25 bits per heavy atom. The van der Waals surface area contributed by atoms with E-state index in [-0.39, 0.29) is 64.9 Å². The molecule has 0 heterocycles. The van der Waals surface area contributed by atoms with Crippen LogP contribution in [-0.2, 0) is 33.6 Å². The molecule has 0 saturated carbocycles. The van der Waals surface area contributed by atoms with Crippen molar-refractivity contribution < 1.29 is 41.9 Å². The van der Waals surface area contributed by atoms with E-state index in [1.165, 1.54) is 0 Å². The SMILES string of the molecule is O.[Fe].[H-].[H-].[Mg+2].[Ni]. The summed E-state index contributed by atoms with van der Waals surface area (Å²) in [6.07, 6.45) is 0. The summed E-state index contributed by atoms with van der Waals surface area (Å²) in [4.78, 5) is 0. The molecule has 0 spiro atoms. The molecule has 2 N–H and O–H groups in total. The van der Waals surface area contributed by atoms with Gasteiger partial charge in [0.2, 0.25) is 0 Å². The molecule has 0 saturated heterocycles. The molecule has 0 rings (SSSR count). The van der Waals surface area contributed by atoms with E-state index in [9.17, 15) is 0 Å². The predicted octanol–water partition coefficient (Wildman–Crippen LogP) is -0.986. The first-order chi connectivity index (χ1) is 0. The molecule has 0 radical (unpaired) electrons. The Bertz CT molecular complexity index is 13.5.